The van der Waals surface area contributed by atoms with Crippen LogP contribution in [0.3, 0.4) is 0 Å². The summed E-state index contributed by atoms with van der Waals surface area (Å²) in [6, 6.07) is 0. The fourth-order valence-electron chi connectivity index (χ4n) is 7.48. The lowest BCUT2D eigenvalue weighted by molar-refractivity contribution is -0.136. The van der Waals surface area contributed by atoms with Crippen LogP contribution < -0.4 is 0 Å². The molecule has 0 radical (unpaired) electrons. The van der Waals surface area contributed by atoms with Gasteiger partial charge >= 0.3 is 0 Å². The fourth-order valence-corrected chi connectivity index (χ4v) is 7.48. The third-order valence-corrected chi connectivity index (χ3v) is 10.2. The first-order valence-electron chi connectivity index (χ1n) is 13.1. The summed E-state index contributed by atoms with van der Waals surface area (Å²) in [4.78, 5) is 13.8. The highest BCUT2D eigenvalue weighted by atomic mass is 16.3. The lowest BCUT2D eigenvalue weighted by Gasteiger charge is -2.48. The summed E-state index contributed by atoms with van der Waals surface area (Å²) >= 11 is 0. The average Bonchev–Trinajstić information content (AvgIpc) is 3.04. The standard InChI is InChI=1S/C28H48O3/c1-18(2)19(3)7-8-20(4)24-11-12-25(28(24,6)15-16-29)23-10-9-21-17-22(30)13-14-27(21,5)26(23)31/h9,18-20,22-25,29-30H,7-8,10-17H2,1-6H3/t19-,20-,22+,23+,24-,25+,27+,28-/m1/s1. The zero-order valence-electron chi connectivity index (χ0n) is 21.0. The van der Waals surface area contributed by atoms with Gasteiger partial charge in [0.1, 0.15) is 5.78 Å². The topological polar surface area (TPSA) is 57.5 Å². The van der Waals surface area contributed by atoms with Gasteiger partial charge in [0.2, 0.25) is 0 Å². The molecule has 0 aromatic rings. The molecule has 3 rings (SSSR count). The average molecular weight is 433 g/mol. The molecule has 0 saturated heterocycles. The molecule has 2 N–H and O–H groups in total. The summed E-state index contributed by atoms with van der Waals surface area (Å²) in [5.41, 5.74) is 0.839. The van der Waals surface area contributed by atoms with Crippen molar-refractivity contribution in [1.82, 2.24) is 0 Å². The van der Waals surface area contributed by atoms with Crippen LogP contribution in [0.2, 0.25) is 0 Å². The van der Waals surface area contributed by atoms with Gasteiger partial charge in [0.25, 0.3) is 0 Å². The van der Waals surface area contributed by atoms with Crippen molar-refractivity contribution in [2.45, 2.75) is 105 Å². The number of Topliss-reactive ketones (excluding diaryl/α,β-unsaturated/α-hetero) is 1. The van der Waals surface area contributed by atoms with E-state index in [2.05, 4.69) is 47.6 Å². The Hall–Kier alpha value is -0.670. The predicted molar refractivity (Wildman–Crippen MR) is 128 cm³/mol. The molecule has 31 heavy (non-hydrogen) atoms. The van der Waals surface area contributed by atoms with Crippen LogP contribution in [-0.4, -0.2) is 28.7 Å². The van der Waals surface area contributed by atoms with Crippen LogP contribution in [-0.2, 0) is 4.79 Å². The van der Waals surface area contributed by atoms with Crippen molar-refractivity contribution in [3.05, 3.63) is 11.6 Å². The molecule has 2 saturated carbocycles. The molecule has 8 atom stereocenters. The van der Waals surface area contributed by atoms with Gasteiger partial charge in [-0.05, 0) is 86.9 Å². The Bertz CT molecular complexity index is 667. The van der Waals surface area contributed by atoms with Crippen LogP contribution in [0.25, 0.3) is 0 Å². The van der Waals surface area contributed by atoms with E-state index in [1.54, 1.807) is 0 Å². The minimum absolute atomic E-state index is 0.0332. The van der Waals surface area contributed by atoms with Gasteiger partial charge in [0.15, 0.2) is 0 Å². The lowest BCUT2D eigenvalue weighted by Crippen LogP contribution is -2.47. The normalized spacial score (nSPS) is 40.5. The highest BCUT2D eigenvalue weighted by Crippen LogP contribution is 2.59. The Morgan fingerprint density at radius 3 is 2.45 bits per heavy atom. The number of carbonyl (C=O) groups excluding carboxylic acids is 1. The molecule has 0 spiro atoms. The zero-order valence-corrected chi connectivity index (χ0v) is 21.0. The van der Waals surface area contributed by atoms with Gasteiger partial charge in [-0.25, -0.2) is 0 Å². The second-order valence-corrected chi connectivity index (χ2v) is 12.2. The number of aliphatic hydroxyl groups excluding tert-OH is 2. The van der Waals surface area contributed by atoms with Crippen LogP contribution >= 0.6 is 0 Å². The van der Waals surface area contributed by atoms with Crippen molar-refractivity contribution in [1.29, 1.82) is 0 Å². The van der Waals surface area contributed by atoms with E-state index in [0.29, 0.717) is 30.0 Å². The number of ketones is 1. The Kier molecular flexibility index (Phi) is 7.79. The number of fused-ring (bicyclic) bond motifs is 1. The minimum Gasteiger partial charge on any atom is -0.396 e. The maximum Gasteiger partial charge on any atom is 0.146 e. The molecule has 3 heteroatoms. The Labute approximate surface area is 191 Å². The van der Waals surface area contributed by atoms with Crippen LogP contribution in [0, 0.1) is 46.3 Å². The van der Waals surface area contributed by atoms with Gasteiger partial charge in [-0.15, -0.1) is 0 Å². The van der Waals surface area contributed by atoms with Crippen LogP contribution in [0.1, 0.15) is 99.3 Å². The number of hydrogen-bond acceptors (Lipinski definition) is 3. The van der Waals surface area contributed by atoms with E-state index in [1.807, 2.05) is 0 Å². The molecule has 0 aromatic carbocycles. The molecule has 0 aromatic heterocycles. The van der Waals surface area contributed by atoms with E-state index in [1.165, 1.54) is 24.8 Å². The first kappa shape index (κ1) is 25.0. The summed E-state index contributed by atoms with van der Waals surface area (Å²) < 4.78 is 0. The second-order valence-electron chi connectivity index (χ2n) is 12.2. The molecule has 0 aliphatic heterocycles. The first-order valence-corrected chi connectivity index (χ1v) is 13.1. The van der Waals surface area contributed by atoms with Gasteiger partial charge in [-0.3, -0.25) is 4.79 Å². The third-order valence-electron chi connectivity index (χ3n) is 10.2. The zero-order chi connectivity index (χ0) is 23.0. The van der Waals surface area contributed by atoms with Crippen molar-refractivity contribution < 1.29 is 15.0 Å². The summed E-state index contributed by atoms with van der Waals surface area (Å²) in [6.07, 6.45) is 10.7. The highest BCUT2D eigenvalue weighted by molar-refractivity contribution is 5.91. The van der Waals surface area contributed by atoms with Crippen molar-refractivity contribution >= 4 is 5.78 Å². The maximum atomic E-state index is 13.8. The van der Waals surface area contributed by atoms with Gasteiger partial charge in [-0.1, -0.05) is 59.1 Å². The molecule has 0 bridgehead atoms. The molecule has 3 aliphatic rings. The van der Waals surface area contributed by atoms with Gasteiger partial charge in [0, 0.05) is 17.9 Å². The van der Waals surface area contributed by atoms with E-state index in [0.717, 1.165) is 43.9 Å². The van der Waals surface area contributed by atoms with E-state index in [9.17, 15) is 15.0 Å². The molecule has 0 unspecified atom stereocenters. The minimum atomic E-state index is -0.376. The van der Waals surface area contributed by atoms with Crippen molar-refractivity contribution in [2.24, 2.45) is 46.3 Å². The number of rotatable bonds is 8. The Balaban J connectivity index is 1.79. The van der Waals surface area contributed by atoms with E-state index in [4.69, 9.17) is 0 Å². The quantitative estimate of drug-likeness (QED) is 0.451. The molecule has 3 aliphatic carbocycles. The van der Waals surface area contributed by atoms with Crippen LogP contribution in [0.5, 0.6) is 0 Å². The summed E-state index contributed by atoms with van der Waals surface area (Å²) in [5, 5.41) is 20.1. The van der Waals surface area contributed by atoms with Gasteiger partial charge in [-0.2, -0.15) is 0 Å². The molecule has 0 amide bonds. The number of allylic oxidation sites excluding steroid dienone is 1. The lowest BCUT2D eigenvalue weighted by atomic mass is 9.56. The van der Waals surface area contributed by atoms with Crippen molar-refractivity contribution in [2.75, 3.05) is 6.61 Å². The largest absolute Gasteiger partial charge is 0.396 e. The SMILES string of the molecule is CC(C)[C@H](C)CC[C@@H](C)[C@H]1CC[C@@H]([C@@H]2CC=C3C[C@@H](O)CC[C@]3(C)C2=O)[C@]1(C)CCO. The van der Waals surface area contributed by atoms with E-state index < -0.39 is 0 Å². The van der Waals surface area contributed by atoms with E-state index in [-0.39, 0.29) is 29.5 Å². The molecule has 0 heterocycles. The van der Waals surface area contributed by atoms with Crippen molar-refractivity contribution in [3.63, 3.8) is 0 Å². The number of carbonyl (C=O) groups is 1. The van der Waals surface area contributed by atoms with Crippen molar-refractivity contribution in [3.8, 4) is 0 Å². The predicted octanol–water partition coefficient (Wildman–Crippen LogP) is 6.18. The maximum absolute atomic E-state index is 13.8. The third kappa shape index (κ3) is 4.69. The Morgan fingerprint density at radius 2 is 1.81 bits per heavy atom. The molecular formula is C28H48O3. The Morgan fingerprint density at radius 1 is 1.10 bits per heavy atom. The summed E-state index contributed by atoms with van der Waals surface area (Å²) in [6.45, 7) is 14.1. The molecule has 178 valence electrons. The fraction of sp³-hybridized carbons (Fsp3) is 0.893. The smallest absolute Gasteiger partial charge is 0.146 e. The van der Waals surface area contributed by atoms with Gasteiger partial charge < -0.3 is 10.2 Å². The summed E-state index contributed by atoms with van der Waals surface area (Å²) in [5.74, 6) is 3.55. The summed E-state index contributed by atoms with van der Waals surface area (Å²) in [7, 11) is 0. The van der Waals surface area contributed by atoms with Crippen LogP contribution in [0.15, 0.2) is 11.6 Å². The first-order chi connectivity index (χ1) is 14.5. The second kappa shape index (κ2) is 9.67. The molecule has 3 nitrogen and oxygen atoms in total. The van der Waals surface area contributed by atoms with Gasteiger partial charge in [0.05, 0.1) is 6.10 Å². The number of aliphatic hydroxyl groups is 2. The highest BCUT2D eigenvalue weighted by Gasteiger charge is 2.55. The molecular weight excluding hydrogens is 384 g/mol. The van der Waals surface area contributed by atoms with Crippen LogP contribution in [0.4, 0.5) is 0 Å². The van der Waals surface area contributed by atoms with E-state index >= 15 is 0 Å². The number of hydrogen-bond donors (Lipinski definition) is 2. The monoisotopic (exact) mass is 432 g/mol. The molecule has 2 fully saturated rings.